The Kier molecular flexibility index (Phi) is 5.87. The first kappa shape index (κ1) is 14.9. The first-order chi connectivity index (χ1) is 9.79. The zero-order chi connectivity index (χ0) is 14.2. The van der Waals surface area contributed by atoms with Gasteiger partial charge in [-0.25, -0.2) is 0 Å². The van der Waals surface area contributed by atoms with Crippen LogP contribution in [0.25, 0.3) is 0 Å². The lowest BCUT2D eigenvalue weighted by atomic mass is 10.00. The van der Waals surface area contributed by atoms with Gasteiger partial charge >= 0.3 is 0 Å². The first-order valence-corrected chi connectivity index (χ1v) is 7.62. The number of benzene rings is 1. The van der Waals surface area contributed by atoms with E-state index < -0.39 is 0 Å². The van der Waals surface area contributed by atoms with E-state index in [9.17, 15) is 0 Å². The maximum Gasteiger partial charge on any atom is 0.188 e. The third-order valence-electron chi connectivity index (χ3n) is 3.67. The van der Waals surface area contributed by atoms with Crippen molar-refractivity contribution in [3.8, 4) is 0 Å². The number of aliphatic imine (C=N–C) groups is 1. The molecule has 3 N–H and O–H groups in total. The van der Waals surface area contributed by atoms with Crippen molar-refractivity contribution in [3.05, 3.63) is 35.4 Å². The lowest BCUT2D eigenvalue weighted by molar-refractivity contribution is 0.251. The van der Waals surface area contributed by atoms with Crippen molar-refractivity contribution in [1.29, 1.82) is 0 Å². The molecule has 0 spiro atoms. The van der Waals surface area contributed by atoms with Crippen LogP contribution in [0.5, 0.6) is 0 Å². The molecule has 2 rings (SSSR count). The molecule has 0 saturated carbocycles. The summed E-state index contributed by atoms with van der Waals surface area (Å²) in [4.78, 5) is 6.74. The standard InChI is InChI=1S/C16H26N4/c1-2-9-18-16(17)19-10-5-11-20-12-8-14-6-3-4-7-15(14)13-20/h3-4,6-7H,2,5,8-13H2,1H3,(H3,17,18,19). The van der Waals surface area contributed by atoms with Crippen molar-refractivity contribution in [1.82, 2.24) is 10.2 Å². The van der Waals surface area contributed by atoms with Crippen LogP contribution in [0.4, 0.5) is 0 Å². The Labute approximate surface area is 122 Å². The molecule has 0 radical (unpaired) electrons. The van der Waals surface area contributed by atoms with E-state index in [4.69, 9.17) is 5.73 Å². The minimum atomic E-state index is 0.579. The van der Waals surface area contributed by atoms with Crippen LogP contribution in [0.2, 0.25) is 0 Å². The third kappa shape index (κ3) is 4.53. The number of fused-ring (bicyclic) bond motifs is 1. The van der Waals surface area contributed by atoms with Crippen molar-refractivity contribution in [2.45, 2.75) is 32.7 Å². The number of nitrogens with one attached hydrogen (secondary N) is 1. The van der Waals surface area contributed by atoms with E-state index in [-0.39, 0.29) is 0 Å². The Hall–Kier alpha value is -1.55. The van der Waals surface area contributed by atoms with Gasteiger partial charge in [-0.3, -0.25) is 9.89 Å². The Bertz CT molecular complexity index is 442. The molecule has 0 aromatic heterocycles. The fraction of sp³-hybridized carbons (Fsp3) is 0.562. The fourth-order valence-corrected chi connectivity index (χ4v) is 2.55. The lowest BCUT2D eigenvalue weighted by Gasteiger charge is -2.28. The van der Waals surface area contributed by atoms with Crippen LogP contribution in [0.15, 0.2) is 29.3 Å². The monoisotopic (exact) mass is 274 g/mol. The smallest absolute Gasteiger partial charge is 0.188 e. The average Bonchev–Trinajstić information content (AvgIpc) is 2.49. The van der Waals surface area contributed by atoms with Crippen molar-refractivity contribution < 1.29 is 0 Å². The second kappa shape index (κ2) is 7.90. The molecule has 0 aliphatic carbocycles. The van der Waals surface area contributed by atoms with Gasteiger partial charge in [0.05, 0.1) is 0 Å². The van der Waals surface area contributed by atoms with Gasteiger partial charge in [0.1, 0.15) is 0 Å². The van der Waals surface area contributed by atoms with Crippen LogP contribution < -0.4 is 11.1 Å². The summed E-state index contributed by atoms with van der Waals surface area (Å²) in [6.45, 7) is 7.16. The highest BCUT2D eigenvalue weighted by Crippen LogP contribution is 2.18. The number of hydrogen-bond donors (Lipinski definition) is 2. The molecule has 0 bridgehead atoms. The highest BCUT2D eigenvalue weighted by atomic mass is 15.1. The summed E-state index contributed by atoms with van der Waals surface area (Å²) in [5.41, 5.74) is 8.76. The van der Waals surface area contributed by atoms with Crippen molar-refractivity contribution in [2.75, 3.05) is 26.2 Å². The Morgan fingerprint density at radius 2 is 2.15 bits per heavy atom. The summed E-state index contributed by atoms with van der Waals surface area (Å²) in [6, 6.07) is 8.76. The van der Waals surface area contributed by atoms with Crippen molar-refractivity contribution in [2.24, 2.45) is 10.7 Å². The molecule has 1 aliphatic heterocycles. The van der Waals surface area contributed by atoms with Crippen LogP contribution in [0.1, 0.15) is 30.9 Å². The van der Waals surface area contributed by atoms with Crippen LogP contribution in [-0.4, -0.2) is 37.0 Å². The third-order valence-corrected chi connectivity index (χ3v) is 3.67. The number of nitrogens with zero attached hydrogens (tertiary/aromatic N) is 2. The van der Waals surface area contributed by atoms with Crippen LogP contribution in [0.3, 0.4) is 0 Å². The molecule has 0 unspecified atom stereocenters. The fourth-order valence-electron chi connectivity index (χ4n) is 2.55. The van der Waals surface area contributed by atoms with Gasteiger partial charge in [-0.05, 0) is 30.4 Å². The van der Waals surface area contributed by atoms with E-state index in [0.29, 0.717) is 5.96 Å². The van der Waals surface area contributed by atoms with Gasteiger partial charge in [-0.1, -0.05) is 31.2 Å². The van der Waals surface area contributed by atoms with E-state index >= 15 is 0 Å². The van der Waals surface area contributed by atoms with Gasteiger partial charge in [0.2, 0.25) is 0 Å². The minimum absolute atomic E-state index is 0.579. The summed E-state index contributed by atoms with van der Waals surface area (Å²) in [5.74, 6) is 0.579. The topological polar surface area (TPSA) is 53.6 Å². The van der Waals surface area contributed by atoms with E-state index in [0.717, 1.165) is 45.6 Å². The molecule has 110 valence electrons. The second-order valence-electron chi connectivity index (χ2n) is 5.34. The number of nitrogens with two attached hydrogens (primary N) is 1. The predicted molar refractivity (Wildman–Crippen MR) is 84.8 cm³/mol. The number of rotatable bonds is 6. The summed E-state index contributed by atoms with van der Waals surface area (Å²) in [7, 11) is 0. The van der Waals surface area contributed by atoms with Gasteiger partial charge in [0.15, 0.2) is 5.96 Å². The van der Waals surface area contributed by atoms with E-state index in [2.05, 4.69) is 46.4 Å². The molecular formula is C16H26N4. The zero-order valence-corrected chi connectivity index (χ0v) is 12.4. The summed E-state index contributed by atoms with van der Waals surface area (Å²) >= 11 is 0. The lowest BCUT2D eigenvalue weighted by Crippen LogP contribution is -2.36. The maximum atomic E-state index is 5.77. The molecule has 0 fully saturated rings. The first-order valence-electron chi connectivity index (χ1n) is 7.62. The van der Waals surface area contributed by atoms with Gasteiger partial charge in [0.25, 0.3) is 0 Å². The minimum Gasteiger partial charge on any atom is -0.370 e. The molecule has 0 atom stereocenters. The van der Waals surface area contributed by atoms with Gasteiger partial charge in [-0.2, -0.15) is 0 Å². The summed E-state index contributed by atoms with van der Waals surface area (Å²) in [5, 5.41) is 3.18. The number of guanidine groups is 1. The molecule has 1 aromatic carbocycles. The zero-order valence-electron chi connectivity index (χ0n) is 12.4. The number of hydrogen-bond acceptors (Lipinski definition) is 2. The van der Waals surface area contributed by atoms with Crippen LogP contribution in [0, 0.1) is 0 Å². The SMILES string of the molecule is CCCN=C(N)NCCCN1CCc2ccccc2C1. The van der Waals surface area contributed by atoms with Crippen molar-refractivity contribution in [3.63, 3.8) is 0 Å². The molecule has 4 nitrogen and oxygen atoms in total. The Morgan fingerprint density at radius 3 is 2.95 bits per heavy atom. The van der Waals surface area contributed by atoms with E-state index in [1.54, 1.807) is 0 Å². The van der Waals surface area contributed by atoms with E-state index in [1.807, 2.05) is 0 Å². The molecule has 0 amide bonds. The summed E-state index contributed by atoms with van der Waals surface area (Å²) < 4.78 is 0. The molecule has 0 saturated heterocycles. The predicted octanol–water partition coefficient (Wildman–Crippen LogP) is 1.75. The van der Waals surface area contributed by atoms with Crippen molar-refractivity contribution >= 4 is 5.96 Å². The quantitative estimate of drug-likeness (QED) is 0.472. The van der Waals surface area contributed by atoms with Gasteiger partial charge in [-0.15, -0.1) is 0 Å². The van der Waals surface area contributed by atoms with Crippen LogP contribution in [-0.2, 0) is 13.0 Å². The maximum absolute atomic E-state index is 5.77. The highest BCUT2D eigenvalue weighted by molar-refractivity contribution is 5.77. The largest absolute Gasteiger partial charge is 0.370 e. The Morgan fingerprint density at radius 1 is 1.35 bits per heavy atom. The van der Waals surface area contributed by atoms with Gasteiger partial charge in [0, 0.05) is 32.7 Å². The molecule has 1 heterocycles. The molecule has 20 heavy (non-hydrogen) atoms. The van der Waals surface area contributed by atoms with E-state index in [1.165, 1.54) is 17.5 Å². The Balaban J connectivity index is 1.66. The second-order valence-corrected chi connectivity index (χ2v) is 5.34. The summed E-state index contributed by atoms with van der Waals surface area (Å²) in [6.07, 6.45) is 3.31. The van der Waals surface area contributed by atoms with Crippen LogP contribution >= 0.6 is 0 Å². The normalized spacial score (nSPS) is 15.9. The molecule has 4 heteroatoms. The molecule has 1 aliphatic rings. The molecular weight excluding hydrogens is 248 g/mol. The molecule has 1 aromatic rings. The average molecular weight is 274 g/mol. The highest BCUT2D eigenvalue weighted by Gasteiger charge is 2.14. The van der Waals surface area contributed by atoms with Gasteiger partial charge < -0.3 is 11.1 Å².